The van der Waals surface area contributed by atoms with Crippen LogP contribution in [0.2, 0.25) is 0 Å². The van der Waals surface area contributed by atoms with Crippen LogP contribution in [0.25, 0.3) is 11.1 Å². The number of urea groups is 1. The van der Waals surface area contributed by atoms with Crippen LogP contribution in [0.1, 0.15) is 23.7 Å². The quantitative estimate of drug-likeness (QED) is 0.842. The van der Waals surface area contributed by atoms with Crippen molar-refractivity contribution in [1.82, 2.24) is 15.1 Å². The molecule has 7 nitrogen and oxygen atoms in total. The van der Waals surface area contributed by atoms with Gasteiger partial charge >= 0.3 is 6.03 Å². The van der Waals surface area contributed by atoms with E-state index in [1.165, 1.54) is 0 Å². The lowest BCUT2D eigenvalue weighted by molar-refractivity contribution is -0.121. The molecule has 2 aliphatic heterocycles. The summed E-state index contributed by atoms with van der Waals surface area (Å²) in [5.74, 6) is -0.452. The molecule has 0 aromatic heterocycles. The predicted octanol–water partition coefficient (Wildman–Crippen LogP) is 2.55. The Hall–Kier alpha value is -3.35. The van der Waals surface area contributed by atoms with Crippen molar-refractivity contribution in [2.45, 2.75) is 19.4 Å². The highest BCUT2D eigenvalue weighted by Crippen LogP contribution is 2.30. The minimum atomic E-state index is -0.698. The Balaban J connectivity index is 1.60. The summed E-state index contributed by atoms with van der Waals surface area (Å²) in [6.45, 7) is 3.48. The van der Waals surface area contributed by atoms with Crippen molar-refractivity contribution in [1.29, 1.82) is 0 Å². The van der Waals surface area contributed by atoms with Crippen molar-refractivity contribution >= 4 is 23.5 Å². The van der Waals surface area contributed by atoms with Gasteiger partial charge in [0.2, 0.25) is 5.91 Å². The van der Waals surface area contributed by atoms with Gasteiger partial charge in [0.25, 0.3) is 5.91 Å². The van der Waals surface area contributed by atoms with Gasteiger partial charge in [0.05, 0.1) is 17.8 Å². The third-order valence-corrected chi connectivity index (χ3v) is 5.37. The molecule has 2 aromatic rings. The average Bonchev–Trinajstić information content (AvgIpc) is 2.86. The van der Waals surface area contributed by atoms with E-state index in [1.54, 1.807) is 15.9 Å². The smallest absolute Gasteiger partial charge is 0.317 e. The molecule has 0 spiro atoms. The Morgan fingerprint density at radius 1 is 1.10 bits per heavy atom. The van der Waals surface area contributed by atoms with Gasteiger partial charge in [0, 0.05) is 19.6 Å². The number of fused-ring (bicyclic) bond motifs is 2. The Labute approximate surface area is 169 Å². The van der Waals surface area contributed by atoms with Gasteiger partial charge in [-0.1, -0.05) is 43.3 Å². The van der Waals surface area contributed by atoms with Crippen molar-refractivity contribution in [3.8, 4) is 11.1 Å². The molecule has 1 fully saturated rings. The van der Waals surface area contributed by atoms with E-state index in [1.807, 2.05) is 49.4 Å². The number of piperazine rings is 1. The maximum absolute atomic E-state index is 13.3. The first-order valence-corrected chi connectivity index (χ1v) is 9.92. The van der Waals surface area contributed by atoms with Crippen molar-refractivity contribution in [2.24, 2.45) is 0 Å². The van der Waals surface area contributed by atoms with E-state index < -0.39 is 6.04 Å². The molecule has 2 N–H and O–H groups in total. The van der Waals surface area contributed by atoms with Crippen LogP contribution in [0.5, 0.6) is 0 Å². The van der Waals surface area contributed by atoms with Crippen LogP contribution < -0.4 is 10.6 Å². The number of nitrogens with zero attached hydrogens (tertiary/aromatic N) is 2. The number of amides is 4. The summed E-state index contributed by atoms with van der Waals surface area (Å²) in [6, 6.07) is 14.4. The van der Waals surface area contributed by atoms with Crippen LogP contribution in [-0.4, -0.2) is 59.9 Å². The molecule has 150 valence electrons. The number of anilines is 1. The van der Waals surface area contributed by atoms with E-state index in [0.717, 1.165) is 17.5 Å². The lowest BCUT2D eigenvalue weighted by Gasteiger charge is -2.39. The van der Waals surface area contributed by atoms with Gasteiger partial charge in [0.15, 0.2) is 0 Å². The molecule has 0 bridgehead atoms. The highest BCUT2D eigenvalue weighted by molar-refractivity contribution is 6.10. The second-order valence-corrected chi connectivity index (χ2v) is 7.31. The third kappa shape index (κ3) is 3.68. The molecule has 1 atom stereocenters. The number of benzene rings is 2. The first-order valence-electron chi connectivity index (χ1n) is 9.92. The number of hydrogen-bond donors (Lipinski definition) is 2. The van der Waals surface area contributed by atoms with Gasteiger partial charge in [-0.2, -0.15) is 0 Å². The molecule has 4 rings (SSSR count). The maximum Gasteiger partial charge on any atom is 0.317 e. The molecule has 2 aliphatic rings. The molecule has 2 aromatic carbocycles. The molecule has 0 unspecified atom stereocenters. The molecule has 0 radical (unpaired) electrons. The number of nitrogens with one attached hydrogen (secondary N) is 2. The standard InChI is InChI=1S/C22H24N4O3/c1-2-10-23-22(29)25-11-12-26-19(14-25)20(27)24-18-9-8-16(13-17(18)21(26)28)15-6-4-3-5-7-15/h3-9,13,19H,2,10-12,14H2,1H3,(H,23,29)(H,24,27)/t19-/m0/s1. The molecule has 7 heteroatoms. The van der Waals surface area contributed by atoms with Crippen LogP contribution >= 0.6 is 0 Å². The first-order chi connectivity index (χ1) is 14.1. The van der Waals surface area contributed by atoms with Gasteiger partial charge in [-0.05, 0) is 29.7 Å². The zero-order valence-corrected chi connectivity index (χ0v) is 16.4. The second kappa shape index (κ2) is 7.95. The minimum absolute atomic E-state index is 0.185. The van der Waals surface area contributed by atoms with Crippen molar-refractivity contribution in [3.05, 3.63) is 54.1 Å². The first kappa shape index (κ1) is 19.0. The molecule has 1 saturated heterocycles. The van der Waals surface area contributed by atoms with E-state index >= 15 is 0 Å². The van der Waals surface area contributed by atoms with Gasteiger partial charge in [-0.3, -0.25) is 9.59 Å². The molecule has 4 amide bonds. The van der Waals surface area contributed by atoms with Crippen molar-refractivity contribution in [3.63, 3.8) is 0 Å². The molecule has 0 aliphatic carbocycles. The number of rotatable bonds is 3. The van der Waals surface area contributed by atoms with E-state index in [4.69, 9.17) is 0 Å². The summed E-state index contributed by atoms with van der Waals surface area (Å²) in [6.07, 6.45) is 0.840. The summed E-state index contributed by atoms with van der Waals surface area (Å²) in [5, 5.41) is 5.71. The van der Waals surface area contributed by atoms with E-state index in [0.29, 0.717) is 30.9 Å². The van der Waals surface area contributed by atoms with Crippen LogP contribution in [0.4, 0.5) is 10.5 Å². The Kier molecular flexibility index (Phi) is 5.20. The monoisotopic (exact) mass is 392 g/mol. The van der Waals surface area contributed by atoms with Crippen LogP contribution in [-0.2, 0) is 4.79 Å². The summed E-state index contributed by atoms with van der Waals surface area (Å²) in [4.78, 5) is 41.6. The summed E-state index contributed by atoms with van der Waals surface area (Å²) >= 11 is 0. The SMILES string of the molecule is CCCNC(=O)N1CCN2C(=O)c3cc(-c4ccccc4)ccc3NC(=O)[C@@H]2C1. The van der Waals surface area contributed by atoms with Gasteiger partial charge < -0.3 is 20.4 Å². The normalized spacial score (nSPS) is 18.4. The maximum atomic E-state index is 13.3. The predicted molar refractivity (Wildman–Crippen MR) is 111 cm³/mol. The molecule has 29 heavy (non-hydrogen) atoms. The van der Waals surface area contributed by atoms with Crippen LogP contribution in [0.15, 0.2) is 48.5 Å². The highest BCUT2D eigenvalue weighted by Gasteiger charge is 2.40. The van der Waals surface area contributed by atoms with Gasteiger partial charge in [0.1, 0.15) is 6.04 Å². The highest BCUT2D eigenvalue weighted by atomic mass is 16.2. The third-order valence-electron chi connectivity index (χ3n) is 5.37. The van der Waals surface area contributed by atoms with E-state index in [2.05, 4.69) is 10.6 Å². The Morgan fingerprint density at radius 2 is 1.90 bits per heavy atom. The van der Waals surface area contributed by atoms with Gasteiger partial charge in [-0.15, -0.1) is 0 Å². The average molecular weight is 392 g/mol. The molecular weight excluding hydrogens is 368 g/mol. The van der Waals surface area contributed by atoms with Crippen LogP contribution in [0, 0.1) is 0 Å². The zero-order valence-electron chi connectivity index (χ0n) is 16.4. The largest absolute Gasteiger partial charge is 0.338 e. The molecule has 0 saturated carbocycles. The fourth-order valence-corrected chi connectivity index (χ4v) is 3.79. The van der Waals surface area contributed by atoms with Crippen LogP contribution in [0.3, 0.4) is 0 Å². The Morgan fingerprint density at radius 3 is 2.66 bits per heavy atom. The molecule has 2 heterocycles. The lowest BCUT2D eigenvalue weighted by Crippen LogP contribution is -2.60. The fraction of sp³-hybridized carbons (Fsp3) is 0.318. The Bertz CT molecular complexity index is 944. The molecular formula is C22H24N4O3. The van der Waals surface area contributed by atoms with Crippen molar-refractivity contribution in [2.75, 3.05) is 31.5 Å². The van der Waals surface area contributed by atoms with Crippen molar-refractivity contribution < 1.29 is 14.4 Å². The summed E-state index contributed by atoms with van der Waals surface area (Å²) in [7, 11) is 0. The van der Waals surface area contributed by atoms with Gasteiger partial charge in [-0.25, -0.2) is 4.79 Å². The second-order valence-electron chi connectivity index (χ2n) is 7.31. The minimum Gasteiger partial charge on any atom is -0.338 e. The van der Waals surface area contributed by atoms with E-state index in [-0.39, 0.29) is 24.4 Å². The summed E-state index contributed by atoms with van der Waals surface area (Å²) < 4.78 is 0. The topological polar surface area (TPSA) is 81.8 Å². The lowest BCUT2D eigenvalue weighted by atomic mass is 10.0. The number of hydrogen-bond acceptors (Lipinski definition) is 3. The number of carbonyl (C=O) groups is 3. The number of carbonyl (C=O) groups excluding carboxylic acids is 3. The van der Waals surface area contributed by atoms with E-state index in [9.17, 15) is 14.4 Å². The fourth-order valence-electron chi connectivity index (χ4n) is 3.79. The summed E-state index contributed by atoms with van der Waals surface area (Å²) in [5.41, 5.74) is 2.91. The zero-order chi connectivity index (χ0) is 20.4.